The number of carbonyl (C=O) groups excluding carboxylic acids is 8. The smallest absolute Gasteiger partial charge is 0.243 e. The van der Waals surface area contributed by atoms with Crippen LogP contribution in [0.25, 0.3) is 0 Å². The van der Waals surface area contributed by atoms with Crippen LogP contribution in [0.4, 0.5) is 0 Å². The number of amides is 8. The third kappa shape index (κ3) is 20.4. The summed E-state index contributed by atoms with van der Waals surface area (Å²) in [5.74, 6) is -1.56. The summed E-state index contributed by atoms with van der Waals surface area (Å²) in [5, 5.41) is 12.6. The fourth-order valence-corrected chi connectivity index (χ4v) is 5.31. The first-order chi connectivity index (χ1) is 22.6. The Morgan fingerprint density at radius 3 is 1.92 bits per heavy atom. The molecule has 0 bridgehead atoms. The van der Waals surface area contributed by atoms with E-state index < -0.39 is 23.4 Å². The van der Waals surface area contributed by atoms with Crippen molar-refractivity contribution in [1.29, 1.82) is 0 Å². The van der Waals surface area contributed by atoms with Crippen LogP contribution in [-0.2, 0) is 77.5 Å². The van der Waals surface area contributed by atoms with E-state index >= 15 is 0 Å². The molecule has 1 fully saturated rings. The van der Waals surface area contributed by atoms with Gasteiger partial charge < -0.3 is 38.7 Å². The number of hydrogen-bond donors (Lipinski definition) is 6. The number of nitrogens with zero attached hydrogens (tertiary/aromatic N) is 1. The number of piperidine rings is 1. The van der Waals surface area contributed by atoms with Gasteiger partial charge in [0, 0.05) is 64.2 Å². The van der Waals surface area contributed by atoms with Gasteiger partial charge in [0.25, 0.3) is 0 Å². The maximum atomic E-state index is 12.3. The van der Waals surface area contributed by atoms with Crippen molar-refractivity contribution in [1.82, 2.24) is 31.5 Å². The zero-order valence-electron chi connectivity index (χ0n) is 29.4. The van der Waals surface area contributed by atoms with Gasteiger partial charge in [0.05, 0.1) is 13.1 Å². The van der Waals surface area contributed by atoms with Crippen molar-refractivity contribution in [3.05, 3.63) is 42.3 Å². The summed E-state index contributed by atoms with van der Waals surface area (Å²) in [6.45, 7) is 12.1. The van der Waals surface area contributed by atoms with Crippen molar-refractivity contribution < 1.29 is 71.1 Å². The number of likely N-dealkylation sites (N-methyl/N-ethyl adjacent to an activating group) is 1. The van der Waals surface area contributed by atoms with Gasteiger partial charge in [-0.2, -0.15) is 0 Å². The van der Waals surface area contributed by atoms with Crippen LogP contribution in [0.1, 0.15) is 72.8 Å². The fourth-order valence-electron chi connectivity index (χ4n) is 5.31. The predicted molar refractivity (Wildman–Crippen MR) is 179 cm³/mol. The molecule has 7 N–H and O–H groups in total. The largest absolute Gasteiger partial charge is 0.372 e. The molecule has 0 saturated carbocycles. The number of imide groups is 1. The Balaban J connectivity index is 0. The molecule has 1 aliphatic rings. The summed E-state index contributed by atoms with van der Waals surface area (Å²) in [6.07, 6.45) is 4.24. The molecule has 15 nitrogen and oxygen atoms in total. The van der Waals surface area contributed by atoms with Crippen LogP contribution >= 0.6 is 0 Å². The molecular weight excluding hydrogens is 711 g/mol. The van der Waals surface area contributed by atoms with E-state index in [1.807, 2.05) is 65.0 Å². The van der Waals surface area contributed by atoms with Crippen molar-refractivity contribution in [3.8, 4) is 0 Å². The molecule has 1 aliphatic heterocycles. The average molecular weight is 764 g/mol. The van der Waals surface area contributed by atoms with Crippen LogP contribution in [0.15, 0.2) is 30.3 Å². The minimum Gasteiger partial charge on any atom is -0.372 e. The zero-order valence-corrected chi connectivity index (χ0v) is 32.3. The number of nitrogens with one attached hydrogen (secondary N) is 5. The van der Waals surface area contributed by atoms with Crippen molar-refractivity contribution in [2.75, 3.05) is 26.2 Å². The molecule has 1 atom stereocenters. The van der Waals surface area contributed by atoms with E-state index in [9.17, 15) is 33.6 Å². The van der Waals surface area contributed by atoms with Gasteiger partial charge in [-0.1, -0.05) is 57.0 Å². The Bertz CT molecular complexity index is 1210. The number of nitrogens with two attached hydrogens (primary N) is 1. The first-order valence-electron chi connectivity index (χ1n) is 15.7. The van der Waals surface area contributed by atoms with Crippen LogP contribution in [0.2, 0.25) is 0 Å². The molecule has 1 aromatic rings. The van der Waals surface area contributed by atoms with E-state index in [1.54, 1.807) is 13.3 Å². The van der Waals surface area contributed by atoms with E-state index in [1.165, 1.54) is 4.90 Å². The molecule has 1 saturated heterocycles. The van der Waals surface area contributed by atoms with Crippen molar-refractivity contribution >= 4 is 48.3 Å². The van der Waals surface area contributed by atoms with Crippen LogP contribution in [-0.4, -0.2) is 90.9 Å². The number of primary amides is 1. The Labute approximate surface area is 314 Å². The molecule has 2 rings (SSSR count). The second-order valence-corrected chi connectivity index (χ2v) is 12.2. The molecule has 1 radical (unpaired) electrons. The predicted octanol–water partition coefficient (Wildman–Crippen LogP) is -0.128. The summed E-state index contributed by atoms with van der Waals surface area (Å²) >= 11 is 0. The number of carbonyl (C=O) groups is 8. The molecule has 1 aromatic carbocycles. The van der Waals surface area contributed by atoms with Crippen LogP contribution < -0.4 is 32.3 Å². The van der Waals surface area contributed by atoms with Gasteiger partial charge in [-0.25, -0.2) is 0 Å². The third-order valence-electron chi connectivity index (χ3n) is 6.74. The Morgan fingerprint density at radius 2 is 1.41 bits per heavy atom. The van der Waals surface area contributed by atoms with Crippen molar-refractivity contribution in [3.63, 3.8) is 0 Å². The Kier molecular flexibility index (Phi) is 24.5. The molecule has 0 aliphatic carbocycles. The van der Waals surface area contributed by atoms with Crippen LogP contribution in [0.5, 0.6) is 0 Å². The minimum atomic E-state index is -0.845. The van der Waals surface area contributed by atoms with Crippen LogP contribution in [0, 0.1) is 11.8 Å². The molecule has 0 spiro atoms. The SMILES string of the molecule is CCNC(=O)CC(C)(C)CC(C)(C)N1C(=O)C[CH-]CC1=O.CCNC(=O)CNC(=O)C(Cc1ccccc1)NC(=O)CNC=O.NC=O.[Y]. The van der Waals surface area contributed by atoms with Gasteiger partial charge in [-0.05, 0) is 45.1 Å². The summed E-state index contributed by atoms with van der Waals surface area (Å²) < 4.78 is 0. The number of likely N-dealkylation sites (tertiary alicyclic amines) is 1. The van der Waals surface area contributed by atoms with Crippen molar-refractivity contribution in [2.45, 2.75) is 85.2 Å². The van der Waals surface area contributed by atoms with E-state index in [4.69, 9.17) is 4.79 Å². The van der Waals surface area contributed by atoms with E-state index in [2.05, 4.69) is 32.3 Å². The number of rotatable bonds is 16. The molecule has 49 heavy (non-hydrogen) atoms. The Hall–Kier alpha value is -3.72. The zero-order chi connectivity index (χ0) is 36.8. The molecule has 16 heteroatoms. The topological polar surface area (TPSA) is 226 Å². The van der Waals surface area contributed by atoms with Gasteiger partial charge >= 0.3 is 0 Å². The maximum absolute atomic E-state index is 12.3. The van der Waals surface area contributed by atoms with Crippen LogP contribution in [0.3, 0.4) is 0 Å². The molecular formula is C33H52N7O8Y-. The van der Waals surface area contributed by atoms with Gasteiger partial charge in [-0.15, -0.1) is 0 Å². The first-order valence-corrected chi connectivity index (χ1v) is 15.7. The molecule has 1 heterocycles. The summed E-state index contributed by atoms with van der Waals surface area (Å²) in [6, 6.07) is 8.33. The normalized spacial score (nSPS) is 13.0. The average Bonchev–Trinajstić information content (AvgIpc) is 2.99. The fraction of sp³-hybridized carbons (Fsp3) is 0.545. The summed E-state index contributed by atoms with van der Waals surface area (Å²) in [7, 11) is 0. The number of benzene rings is 1. The maximum Gasteiger partial charge on any atom is 0.243 e. The Morgan fingerprint density at radius 1 is 0.878 bits per heavy atom. The number of hydrogen-bond acceptors (Lipinski definition) is 8. The molecule has 8 amide bonds. The second-order valence-electron chi connectivity index (χ2n) is 12.2. The molecule has 0 aromatic heterocycles. The third-order valence-corrected chi connectivity index (χ3v) is 6.74. The van der Waals surface area contributed by atoms with Gasteiger partial charge in [-0.3, -0.25) is 43.3 Å². The molecule has 1 unspecified atom stereocenters. The monoisotopic (exact) mass is 763 g/mol. The first kappa shape index (κ1) is 47.4. The van der Waals surface area contributed by atoms with Gasteiger partial charge in [0.15, 0.2) is 11.8 Å². The second kappa shape index (κ2) is 25.3. The van der Waals surface area contributed by atoms with Crippen molar-refractivity contribution in [2.24, 2.45) is 11.1 Å². The summed E-state index contributed by atoms with van der Waals surface area (Å²) in [4.78, 5) is 91.6. The summed E-state index contributed by atoms with van der Waals surface area (Å²) in [5.41, 5.74) is 4.16. The van der Waals surface area contributed by atoms with E-state index in [0.29, 0.717) is 45.2 Å². The van der Waals surface area contributed by atoms with Gasteiger partial charge in [0.1, 0.15) is 6.04 Å². The minimum absolute atomic E-state index is 0. The van der Waals surface area contributed by atoms with E-state index in [-0.39, 0.29) is 87.7 Å². The standard InChI is InChI=1S/C16H22N4O4.C16H27N2O3.CH3NO.Y/c1-2-18-14(22)10-19-16(24)13(20-15(23)9-17-11-21)8-12-6-4-3-5-7-12;1-6-17-12(19)10-15(2,3)11-16(4,5)18-13(20)8-7-9-14(18)21;2-1-3;/h3-7,11,13H,2,8-10H2,1H3,(H,17,21)(H,18,22)(H,19,24)(H,20,23);7H,6,8-11H2,1-5H3,(H,17,19);1H,(H2,2,3);/q;-1;;. The molecule has 271 valence electrons. The van der Waals surface area contributed by atoms with E-state index in [0.717, 1.165) is 5.56 Å². The van der Waals surface area contributed by atoms with Gasteiger partial charge in [0.2, 0.25) is 36.4 Å². The quantitative estimate of drug-likeness (QED) is 0.0754.